The molecule has 138 valence electrons. The van der Waals surface area contributed by atoms with E-state index < -0.39 is 30.4 Å². The van der Waals surface area contributed by atoms with Gasteiger partial charge in [-0.3, -0.25) is 4.79 Å². The molecule has 0 fully saturated rings. The Morgan fingerprint density at radius 2 is 1.92 bits per heavy atom. The Morgan fingerprint density at radius 3 is 2.62 bits per heavy atom. The van der Waals surface area contributed by atoms with Gasteiger partial charge in [0, 0.05) is 5.02 Å². The zero-order valence-electron chi connectivity index (χ0n) is 14.1. The molecule has 0 spiro atoms. The lowest BCUT2D eigenvalue weighted by molar-refractivity contribution is -0.155. The monoisotopic (exact) mass is 381 g/mol. The molecule has 26 heavy (non-hydrogen) atoms. The Balaban J connectivity index is 1.89. The average molecular weight is 382 g/mol. The third-order valence-electron chi connectivity index (χ3n) is 3.28. The highest BCUT2D eigenvalue weighted by Gasteiger charge is 2.20. The van der Waals surface area contributed by atoms with Crippen LogP contribution in [0.15, 0.2) is 42.5 Å². The average Bonchev–Trinajstić information content (AvgIpc) is 2.61. The maximum atomic E-state index is 13.4. The topological polar surface area (TPSA) is 73.9 Å². The first-order chi connectivity index (χ1) is 12.4. The lowest BCUT2D eigenvalue weighted by atomic mass is 10.2. The molecule has 1 amide bonds. The minimum Gasteiger partial charge on any atom is -0.495 e. The van der Waals surface area contributed by atoms with Gasteiger partial charge in [0.25, 0.3) is 5.91 Å². The Labute approximate surface area is 154 Å². The quantitative estimate of drug-likeness (QED) is 0.744. The van der Waals surface area contributed by atoms with Crippen molar-refractivity contribution < 1.29 is 28.2 Å². The third kappa shape index (κ3) is 5.35. The predicted octanol–water partition coefficient (Wildman–Crippen LogP) is 3.44. The molecule has 0 saturated carbocycles. The maximum Gasteiger partial charge on any atom is 0.344 e. The summed E-state index contributed by atoms with van der Waals surface area (Å²) < 4.78 is 28.5. The van der Waals surface area contributed by atoms with Gasteiger partial charge in [-0.1, -0.05) is 23.7 Å². The molecule has 0 aromatic heterocycles. The number of carbonyl (C=O) groups is 2. The highest BCUT2D eigenvalue weighted by molar-refractivity contribution is 6.31. The van der Waals surface area contributed by atoms with Gasteiger partial charge in [0.15, 0.2) is 24.3 Å². The minimum atomic E-state index is -1.10. The molecule has 0 heterocycles. The van der Waals surface area contributed by atoms with Crippen molar-refractivity contribution in [2.24, 2.45) is 0 Å². The largest absolute Gasteiger partial charge is 0.495 e. The van der Waals surface area contributed by atoms with Crippen LogP contribution in [-0.4, -0.2) is 31.7 Å². The van der Waals surface area contributed by atoms with Crippen molar-refractivity contribution >= 4 is 29.2 Å². The van der Waals surface area contributed by atoms with E-state index in [1.54, 1.807) is 18.2 Å². The third-order valence-corrected chi connectivity index (χ3v) is 3.51. The summed E-state index contributed by atoms with van der Waals surface area (Å²) in [4.78, 5) is 23.9. The summed E-state index contributed by atoms with van der Waals surface area (Å²) in [5, 5.41) is 2.97. The summed E-state index contributed by atoms with van der Waals surface area (Å²) in [5.74, 6) is -1.66. The lowest BCUT2D eigenvalue weighted by Gasteiger charge is -2.15. The first-order valence-electron chi connectivity index (χ1n) is 7.62. The molecule has 2 aromatic rings. The highest BCUT2D eigenvalue weighted by Crippen LogP contribution is 2.27. The molecule has 0 unspecified atom stereocenters. The smallest absolute Gasteiger partial charge is 0.344 e. The number of halogens is 2. The lowest BCUT2D eigenvalue weighted by Crippen LogP contribution is -2.31. The number of esters is 1. The molecule has 0 aliphatic rings. The van der Waals surface area contributed by atoms with Gasteiger partial charge in [0.05, 0.1) is 12.8 Å². The number of hydrogen-bond donors (Lipinski definition) is 1. The van der Waals surface area contributed by atoms with Crippen molar-refractivity contribution in [2.75, 3.05) is 19.0 Å². The van der Waals surface area contributed by atoms with Gasteiger partial charge in [0.2, 0.25) is 0 Å². The van der Waals surface area contributed by atoms with Gasteiger partial charge >= 0.3 is 5.97 Å². The minimum absolute atomic E-state index is 0.0785. The van der Waals surface area contributed by atoms with Crippen LogP contribution in [0.2, 0.25) is 5.02 Å². The summed E-state index contributed by atoms with van der Waals surface area (Å²) in [6.07, 6.45) is -1.10. The first kappa shape index (κ1) is 19.5. The van der Waals surface area contributed by atoms with Gasteiger partial charge in [-0.15, -0.1) is 0 Å². The second kappa shape index (κ2) is 9.05. The molecule has 0 saturated heterocycles. The molecule has 2 rings (SSSR count). The van der Waals surface area contributed by atoms with E-state index >= 15 is 0 Å². The van der Waals surface area contributed by atoms with Crippen LogP contribution in [0.1, 0.15) is 6.92 Å². The molecule has 8 heteroatoms. The second-order valence-electron chi connectivity index (χ2n) is 5.19. The number of ether oxygens (including phenoxy) is 3. The molecular weight excluding hydrogens is 365 g/mol. The zero-order chi connectivity index (χ0) is 19.1. The Kier molecular flexibility index (Phi) is 6.80. The fourth-order valence-corrected chi connectivity index (χ4v) is 2.17. The van der Waals surface area contributed by atoms with Crippen LogP contribution in [0.25, 0.3) is 0 Å². The van der Waals surface area contributed by atoms with Crippen LogP contribution in [0.5, 0.6) is 11.5 Å². The van der Waals surface area contributed by atoms with E-state index in [0.717, 1.165) is 0 Å². The molecule has 0 bridgehead atoms. The van der Waals surface area contributed by atoms with E-state index in [-0.39, 0.29) is 5.75 Å². The summed E-state index contributed by atoms with van der Waals surface area (Å²) in [6.45, 7) is 0.867. The summed E-state index contributed by atoms with van der Waals surface area (Å²) >= 11 is 5.89. The molecular formula is C18H17ClFNO5. The molecule has 0 aliphatic carbocycles. The Morgan fingerprint density at radius 1 is 1.19 bits per heavy atom. The summed E-state index contributed by atoms with van der Waals surface area (Å²) in [7, 11) is 1.45. The predicted molar refractivity (Wildman–Crippen MR) is 94.1 cm³/mol. The van der Waals surface area contributed by atoms with Gasteiger partial charge in [0.1, 0.15) is 5.75 Å². The molecule has 2 aromatic carbocycles. The van der Waals surface area contributed by atoms with Crippen molar-refractivity contribution in [1.82, 2.24) is 0 Å². The number of rotatable bonds is 7. The molecule has 0 aliphatic heterocycles. The van der Waals surface area contributed by atoms with Crippen LogP contribution >= 0.6 is 11.6 Å². The zero-order valence-corrected chi connectivity index (χ0v) is 14.9. The van der Waals surface area contributed by atoms with Gasteiger partial charge in [-0.05, 0) is 37.3 Å². The van der Waals surface area contributed by atoms with Crippen LogP contribution in [-0.2, 0) is 14.3 Å². The van der Waals surface area contributed by atoms with E-state index in [1.165, 1.54) is 38.3 Å². The fraction of sp³-hybridized carbons (Fsp3) is 0.222. The molecule has 1 atom stereocenters. The van der Waals surface area contributed by atoms with E-state index in [1.807, 2.05) is 0 Å². The number of amides is 1. The van der Waals surface area contributed by atoms with E-state index in [0.29, 0.717) is 16.5 Å². The maximum absolute atomic E-state index is 13.4. The number of anilines is 1. The summed E-state index contributed by atoms with van der Waals surface area (Å²) in [6, 6.07) is 10.4. The van der Waals surface area contributed by atoms with Gasteiger partial charge < -0.3 is 19.5 Å². The number of carbonyl (C=O) groups excluding carboxylic acids is 2. The van der Waals surface area contributed by atoms with E-state index in [2.05, 4.69) is 5.32 Å². The fourth-order valence-electron chi connectivity index (χ4n) is 2.00. The number of nitrogens with one attached hydrogen (secondary N) is 1. The van der Waals surface area contributed by atoms with Gasteiger partial charge in [-0.25, -0.2) is 9.18 Å². The van der Waals surface area contributed by atoms with Crippen LogP contribution in [0.4, 0.5) is 10.1 Å². The van der Waals surface area contributed by atoms with Gasteiger partial charge in [-0.2, -0.15) is 0 Å². The molecule has 0 radical (unpaired) electrons. The van der Waals surface area contributed by atoms with E-state index in [4.69, 9.17) is 25.8 Å². The van der Waals surface area contributed by atoms with Crippen molar-refractivity contribution in [3.05, 3.63) is 53.3 Å². The Bertz CT molecular complexity index is 799. The summed E-state index contributed by atoms with van der Waals surface area (Å²) in [5.41, 5.74) is 0.343. The number of hydrogen-bond acceptors (Lipinski definition) is 5. The van der Waals surface area contributed by atoms with Crippen molar-refractivity contribution in [3.8, 4) is 11.5 Å². The standard InChI is InChI=1S/C18H17ClFNO5/c1-11(18(23)21-14-9-12(19)7-8-16(14)24-2)26-17(22)10-25-15-6-4-3-5-13(15)20/h3-9,11H,10H2,1-2H3,(H,21,23)/t11-/m0/s1. The SMILES string of the molecule is COc1ccc(Cl)cc1NC(=O)[C@H](C)OC(=O)COc1ccccc1F. The first-order valence-corrected chi connectivity index (χ1v) is 7.99. The van der Waals surface area contributed by atoms with Crippen molar-refractivity contribution in [1.29, 1.82) is 0 Å². The Hall–Kier alpha value is -2.80. The highest BCUT2D eigenvalue weighted by atomic mass is 35.5. The molecule has 1 N–H and O–H groups in total. The van der Waals surface area contributed by atoms with Crippen LogP contribution in [0.3, 0.4) is 0 Å². The second-order valence-corrected chi connectivity index (χ2v) is 5.62. The number of para-hydroxylation sites is 1. The number of methoxy groups -OCH3 is 1. The number of benzene rings is 2. The van der Waals surface area contributed by atoms with Crippen LogP contribution < -0.4 is 14.8 Å². The van der Waals surface area contributed by atoms with Crippen molar-refractivity contribution in [2.45, 2.75) is 13.0 Å². The van der Waals surface area contributed by atoms with E-state index in [9.17, 15) is 14.0 Å². The normalized spacial score (nSPS) is 11.4. The van der Waals surface area contributed by atoms with Crippen molar-refractivity contribution in [3.63, 3.8) is 0 Å². The van der Waals surface area contributed by atoms with Crippen LogP contribution in [0, 0.1) is 5.82 Å². The molecule has 6 nitrogen and oxygen atoms in total.